The van der Waals surface area contributed by atoms with Crippen molar-refractivity contribution in [2.45, 2.75) is 25.5 Å². The molecule has 1 aromatic carbocycles. The van der Waals surface area contributed by atoms with Crippen LogP contribution < -0.4 is 5.32 Å². The summed E-state index contributed by atoms with van der Waals surface area (Å²) in [5.74, 6) is -0.240. The quantitative estimate of drug-likeness (QED) is 0.896. The zero-order valence-electron chi connectivity index (χ0n) is 11.8. The molecule has 0 bridgehead atoms. The molecular formula is C15H20N2O3. The van der Waals surface area contributed by atoms with E-state index in [4.69, 9.17) is 4.74 Å². The maximum Gasteiger partial charge on any atom is 0.257 e. The van der Waals surface area contributed by atoms with Crippen molar-refractivity contribution in [1.82, 2.24) is 10.2 Å². The Hall–Kier alpha value is -1.88. The van der Waals surface area contributed by atoms with Gasteiger partial charge in [0, 0.05) is 20.2 Å². The molecule has 0 saturated carbocycles. The lowest BCUT2D eigenvalue weighted by Gasteiger charge is -2.36. The number of nitrogens with zero attached hydrogens (tertiary/aromatic N) is 1. The van der Waals surface area contributed by atoms with Crippen LogP contribution in [0.4, 0.5) is 0 Å². The summed E-state index contributed by atoms with van der Waals surface area (Å²) in [7, 11) is 1.51. The number of benzene rings is 1. The van der Waals surface area contributed by atoms with Crippen LogP contribution in [0.15, 0.2) is 30.3 Å². The molecule has 0 spiro atoms. The topological polar surface area (TPSA) is 58.6 Å². The summed E-state index contributed by atoms with van der Waals surface area (Å²) >= 11 is 0. The lowest BCUT2D eigenvalue weighted by atomic mass is 10.0. The minimum Gasteiger partial charge on any atom is -0.367 e. The maximum atomic E-state index is 12.7. The highest BCUT2D eigenvalue weighted by Gasteiger charge is 2.35. The molecule has 108 valence electrons. The number of methoxy groups -OCH3 is 1. The van der Waals surface area contributed by atoms with Gasteiger partial charge in [-0.2, -0.15) is 0 Å². The van der Waals surface area contributed by atoms with Crippen molar-refractivity contribution < 1.29 is 14.3 Å². The van der Waals surface area contributed by atoms with E-state index in [-0.39, 0.29) is 11.8 Å². The van der Waals surface area contributed by atoms with Gasteiger partial charge in [-0.1, -0.05) is 37.3 Å². The Kier molecular flexibility index (Phi) is 4.74. The van der Waals surface area contributed by atoms with Gasteiger partial charge in [-0.3, -0.25) is 9.59 Å². The van der Waals surface area contributed by atoms with E-state index in [0.29, 0.717) is 19.5 Å². The number of hydrogen-bond acceptors (Lipinski definition) is 3. The summed E-state index contributed by atoms with van der Waals surface area (Å²) in [6, 6.07) is 8.94. The van der Waals surface area contributed by atoms with Gasteiger partial charge in [0.25, 0.3) is 5.91 Å². The van der Waals surface area contributed by atoms with Gasteiger partial charge in [0.15, 0.2) is 6.10 Å². The van der Waals surface area contributed by atoms with E-state index in [9.17, 15) is 9.59 Å². The first-order chi connectivity index (χ1) is 9.69. The van der Waals surface area contributed by atoms with E-state index in [1.54, 1.807) is 4.90 Å². The fraction of sp³-hybridized carbons (Fsp3) is 0.467. The van der Waals surface area contributed by atoms with Crippen LogP contribution >= 0.6 is 0 Å². The van der Waals surface area contributed by atoms with E-state index < -0.39 is 12.1 Å². The van der Waals surface area contributed by atoms with Gasteiger partial charge in [-0.15, -0.1) is 0 Å². The Bertz CT molecular complexity index is 475. The predicted molar refractivity (Wildman–Crippen MR) is 75.0 cm³/mol. The molecule has 2 rings (SSSR count). The lowest BCUT2D eigenvalue weighted by Crippen LogP contribution is -2.58. The van der Waals surface area contributed by atoms with Crippen LogP contribution in [0.2, 0.25) is 0 Å². The van der Waals surface area contributed by atoms with Crippen molar-refractivity contribution in [3.05, 3.63) is 35.9 Å². The Balaban J connectivity index is 2.21. The SMILES string of the molecule is CCC1C(=O)NCCN1C(=O)C(OC)c1ccccc1. The van der Waals surface area contributed by atoms with Crippen molar-refractivity contribution >= 4 is 11.8 Å². The summed E-state index contributed by atoms with van der Waals surface area (Å²) in [6.07, 6.45) is -0.0563. The van der Waals surface area contributed by atoms with Gasteiger partial charge in [-0.25, -0.2) is 0 Å². The normalized spacial score (nSPS) is 20.4. The van der Waals surface area contributed by atoms with Crippen LogP contribution in [0.25, 0.3) is 0 Å². The fourth-order valence-corrected chi connectivity index (χ4v) is 2.54. The lowest BCUT2D eigenvalue weighted by molar-refractivity contribution is -0.151. The van der Waals surface area contributed by atoms with E-state index in [2.05, 4.69) is 5.32 Å². The van der Waals surface area contributed by atoms with Gasteiger partial charge in [0.1, 0.15) is 6.04 Å². The summed E-state index contributed by atoms with van der Waals surface area (Å²) in [4.78, 5) is 26.1. The average molecular weight is 276 g/mol. The Labute approximate surface area is 118 Å². The fourth-order valence-electron chi connectivity index (χ4n) is 2.54. The highest BCUT2D eigenvalue weighted by Crippen LogP contribution is 2.22. The average Bonchev–Trinajstić information content (AvgIpc) is 2.48. The summed E-state index contributed by atoms with van der Waals surface area (Å²) < 4.78 is 5.36. The third kappa shape index (κ3) is 2.82. The first kappa shape index (κ1) is 14.5. The molecule has 5 nitrogen and oxygen atoms in total. The number of piperazine rings is 1. The molecule has 1 N–H and O–H groups in total. The predicted octanol–water partition coefficient (Wildman–Crippen LogP) is 1.11. The van der Waals surface area contributed by atoms with Crippen LogP contribution in [0, 0.1) is 0 Å². The summed E-state index contributed by atoms with van der Waals surface area (Å²) in [5, 5.41) is 2.79. The number of amides is 2. The first-order valence-electron chi connectivity index (χ1n) is 6.85. The van der Waals surface area contributed by atoms with Crippen LogP contribution in [-0.4, -0.2) is 43.0 Å². The molecule has 20 heavy (non-hydrogen) atoms. The van der Waals surface area contributed by atoms with E-state index in [0.717, 1.165) is 5.56 Å². The molecule has 2 amide bonds. The van der Waals surface area contributed by atoms with Crippen LogP contribution in [0.1, 0.15) is 25.0 Å². The molecule has 0 aromatic heterocycles. The molecule has 1 aliphatic rings. The van der Waals surface area contributed by atoms with E-state index in [1.807, 2.05) is 37.3 Å². The molecular weight excluding hydrogens is 256 g/mol. The monoisotopic (exact) mass is 276 g/mol. The van der Waals surface area contributed by atoms with Crippen molar-refractivity contribution in [3.63, 3.8) is 0 Å². The standard InChI is InChI=1S/C15H20N2O3/c1-3-12-14(18)16-9-10-17(12)15(19)13(20-2)11-7-5-4-6-8-11/h4-8,12-13H,3,9-10H2,1-2H3,(H,16,18). The highest BCUT2D eigenvalue weighted by molar-refractivity contribution is 5.91. The number of rotatable bonds is 4. The molecule has 1 fully saturated rings. The van der Waals surface area contributed by atoms with Crippen molar-refractivity contribution in [1.29, 1.82) is 0 Å². The third-order valence-corrected chi connectivity index (χ3v) is 3.56. The van der Waals surface area contributed by atoms with Crippen molar-refractivity contribution in [2.24, 2.45) is 0 Å². The van der Waals surface area contributed by atoms with Gasteiger partial charge in [0.2, 0.25) is 5.91 Å². The molecule has 5 heteroatoms. The molecule has 1 aliphatic heterocycles. The van der Waals surface area contributed by atoms with Gasteiger partial charge in [-0.05, 0) is 12.0 Å². The molecule has 1 heterocycles. The second-order valence-electron chi connectivity index (χ2n) is 4.77. The van der Waals surface area contributed by atoms with Crippen LogP contribution in [-0.2, 0) is 14.3 Å². The van der Waals surface area contributed by atoms with Crippen LogP contribution in [0.5, 0.6) is 0 Å². The van der Waals surface area contributed by atoms with Gasteiger partial charge < -0.3 is 15.0 Å². The number of hydrogen-bond donors (Lipinski definition) is 1. The summed E-state index contributed by atoms with van der Waals surface area (Å²) in [5.41, 5.74) is 0.806. The van der Waals surface area contributed by atoms with Gasteiger partial charge in [0.05, 0.1) is 0 Å². The third-order valence-electron chi connectivity index (χ3n) is 3.56. The zero-order chi connectivity index (χ0) is 14.5. The molecule has 0 aliphatic carbocycles. The Morgan fingerprint density at radius 3 is 2.75 bits per heavy atom. The zero-order valence-corrected chi connectivity index (χ0v) is 11.8. The smallest absolute Gasteiger partial charge is 0.257 e. The van der Waals surface area contributed by atoms with Crippen molar-refractivity contribution in [3.8, 4) is 0 Å². The minimum atomic E-state index is -0.656. The number of carbonyl (C=O) groups excluding carboxylic acids is 2. The second kappa shape index (κ2) is 6.52. The molecule has 2 atom stereocenters. The molecule has 0 radical (unpaired) electrons. The largest absolute Gasteiger partial charge is 0.367 e. The highest BCUT2D eigenvalue weighted by atomic mass is 16.5. The minimum absolute atomic E-state index is 0.0879. The first-order valence-corrected chi connectivity index (χ1v) is 6.85. The molecule has 1 saturated heterocycles. The Morgan fingerprint density at radius 1 is 1.45 bits per heavy atom. The second-order valence-corrected chi connectivity index (χ2v) is 4.77. The molecule has 1 aromatic rings. The van der Waals surface area contributed by atoms with Crippen molar-refractivity contribution in [2.75, 3.05) is 20.2 Å². The number of carbonyl (C=O) groups is 2. The van der Waals surface area contributed by atoms with E-state index in [1.165, 1.54) is 7.11 Å². The van der Waals surface area contributed by atoms with Crippen LogP contribution in [0.3, 0.4) is 0 Å². The molecule has 2 unspecified atom stereocenters. The van der Waals surface area contributed by atoms with E-state index >= 15 is 0 Å². The number of nitrogens with one attached hydrogen (secondary N) is 1. The Morgan fingerprint density at radius 2 is 2.15 bits per heavy atom. The van der Waals surface area contributed by atoms with Gasteiger partial charge >= 0.3 is 0 Å². The summed E-state index contributed by atoms with van der Waals surface area (Å²) in [6.45, 7) is 2.92. The maximum absolute atomic E-state index is 12.7. The number of ether oxygens (including phenoxy) is 1.